The molecule has 1 aliphatic rings. The molecule has 9 aromatic carbocycles. The van der Waals surface area contributed by atoms with Gasteiger partial charge in [-0.1, -0.05) is 172 Å². The number of hydrogen-bond acceptors (Lipinski definition) is 2. The Morgan fingerprint density at radius 2 is 0.818 bits per heavy atom. The minimum Gasteiger partial charge on any atom is -0.228 e. The van der Waals surface area contributed by atoms with Crippen LogP contribution in [0.15, 0.2) is 182 Å². The van der Waals surface area contributed by atoms with Crippen LogP contribution in [0.1, 0.15) is 25.0 Å². The third-order valence-corrected chi connectivity index (χ3v) is 11.9. The van der Waals surface area contributed by atoms with Gasteiger partial charge in [-0.15, -0.1) is 0 Å². The summed E-state index contributed by atoms with van der Waals surface area (Å²) in [6.45, 7) is 4.72. The standard InChI is InChI=1S/C53H36N2/c1-53(2)48-28-25-37(30-46(48)47-29-35-15-3-4-16-36(35)31-49(47)53)40-26-27-44(42-22-10-9-21-41(40)42)51-32-50(43-23-11-17-33-13-5-7-19-38(33)43)54-52(55-51)45-24-12-18-34-14-6-8-20-39(34)45/h3-32H,1-2H3. The summed E-state index contributed by atoms with van der Waals surface area (Å²) in [5.41, 5.74) is 12.8. The van der Waals surface area contributed by atoms with E-state index in [9.17, 15) is 0 Å². The Bertz CT molecular complexity index is 3080. The second-order valence-electron chi connectivity index (χ2n) is 15.4. The van der Waals surface area contributed by atoms with Gasteiger partial charge in [0.25, 0.3) is 0 Å². The molecular formula is C53H36N2. The van der Waals surface area contributed by atoms with Crippen molar-refractivity contribution >= 4 is 43.1 Å². The van der Waals surface area contributed by atoms with Crippen molar-refractivity contribution < 1.29 is 0 Å². The van der Waals surface area contributed by atoms with Crippen LogP contribution in [-0.4, -0.2) is 9.97 Å². The molecule has 10 aromatic rings. The summed E-state index contributed by atoms with van der Waals surface area (Å²) in [4.78, 5) is 10.7. The third-order valence-electron chi connectivity index (χ3n) is 11.9. The first-order chi connectivity index (χ1) is 27.0. The van der Waals surface area contributed by atoms with Crippen molar-refractivity contribution in [2.24, 2.45) is 0 Å². The number of hydrogen-bond donors (Lipinski definition) is 0. The molecule has 1 heterocycles. The molecule has 0 atom stereocenters. The van der Waals surface area contributed by atoms with Crippen LogP contribution in [0.4, 0.5) is 0 Å². The molecule has 0 spiro atoms. The quantitative estimate of drug-likeness (QED) is 0.183. The van der Waals surface area contributed by atoms with E-state index in [0.717, 1.165) is 39.3 Å². The van der Waals surface area contributed by atoms with Crippen molar-refractivity contribution in [3.8, 4) is 56.2 Å². The predicted molar refractivity (Wildman–Crippen MR) is 231 cm³/mol. The second kappa shape index (κ2) is 12.1. The van der Waals surface area contributed by atoms with Gasteiger partial charge in [0.1, 0.15) is 0 Å². The molecular weight excluding hydrogens is 665 g/mol. The van der Waals surface area contributed by atoms with Crippen LogP contribution < -0.4 is 0 Å². The van der Waals surface area contributed by atoms with E-state index < -0.39 is 0 Å². The van der Waals surface area contributed by atoms with Crippen LogP contribution in [0.25, 0.3) is 99.2 Å². The zero-order valence-corrected chi connectivity index (χ0v) is 30.7. The topological polar surface area (TPSA) is 25.8 Å². The summed E-state index contributed by atoms with van der Waals surface area (Å²) in [6.07, 6.45) is 0. The summed E-state index contributed by atoms with van der Waals surface area (Å²) in [5.74, 6) is 0.720. The van der Waals surface area contributed by atoms with Crippen LogP contribution >= 0.6 is 0 Å². The van der Waals surface area contributed by atoms with Crippen molar-refractivity contribution in [2.45, 2.75) is 19.3 Å². The Hall–Kier alpha value is -6.90. The fourth-order valence-corrected chi connectivity index (χ4v) is 9.09. The molecule has 0 saturated carbocycles. The van der Waals surface area contributed by atoms with Gasteiger partial charge in [-0.25, -0.2) is 9.97 Å². The molecule has 0 aliphatic heterocycles. The molecule has 55 heavy (non-hydrogen) atoms. The molecule has 11 rings (SSSR count). The SMILES string of the molecule is CC1(C)c2ccc(-c3ccc(-c4cc(-c5cccc6ccccc56)nc(-c5cccc6ccccc56)n4)c4ccccc34)cc2-c2cc3ccccc3cc21. The van der Waals surface area contributed by atoms with E-state index in [2.05, 4.69) is 196 Å². The van der Waals surface area contributed by atoms with Gasteiger partial charge >= 0.3 is 0 Å². The number of rotatable bonds is 4. The van der Waals surface area contributed by atoms with Gasteiger partial charge in [-0.05, 0) is 101 Å². The van der Waals surface area contributed by atoms with Gasteiger partial charge in [0.05, 0.1) is 11.4 Å². The van der Waals surface area contributed by atoms with Gasteiger partial charge in [-0.3, -0.25) is 0 Å². The van der Waals surface area contributed by atoms with E-state index in [0.29, 0.717) is 0 Å². The maximum Gasteiger partial charge on any atom is 0.161 e. The van der Waals surface area contributed by atoms with Crippen molar-refractivity contribution in [1.29, 1.82) is 0 Å². The molecule has 0 amide bonds. The molecule has 2 heteroatoms. The maximum absolute atomic E-state index is 5.38. The number of fused-ring (bicyclic) bond motifs is 7. The maximum atomic E-state index is 5.38. The smallest absolute Gasteiger partial charge is 0.161 e. The highest BCUT2D eigenvalue weighted by atomic mass is 14.9. The monoisotopic (exact) mass is 700 g/mol. The lowest BCUT2D eigenvalue weighted by Crippen LogP contribution is -2.14. The van der Waals surface area contributed by atoms with Crippen LogP contribution in [0, 0.1) is 0 Å². The Labute approximate surface area is 320 Å². The molecule has 0 bridgehead atoms. The average Bonchev–Trinajstić information content (AvgIpc) is 3.46. The molecule has 0 saturated heterocycles. The van der Waals surface area contributed by atoms with Crippen LogP contribution in [-0.2, 0) is 5.41 Å². The largest absolute Gasteiger partial charge is 0.228 e. The van der Waals surface area contributed by atoms with E-state index >= 15 is 0 Å². The Morgan fingerprint density at radius 3 is 1.51 bits per heavy atom. The van der Waals surface area contributed by atoms with Crippen LogP contribution in [0.5, 0.6) is 0 Å². The summed E-state index contributed by atoms with van der Waals surface area (Å²) < 4.78 is 0. The van der Waals surface area contributed by atoms with Gasteiger partial charge in [0, 0.05) is 22.1 Å². The third kappa shape index (κ3) is 4.95. The first-order valence-corrected chi connectivity index (χ1v) is 19.1. The first-order valence-electron chi connectivity index (χ1n) is 19.1. The number of nitrogens with zero attached hydrogens (tertiary/aromatic N) is 2. The summed E-state index contributed by atoms with van der Waals surface area (Å²) in [5, 5.41) is 9.61. The average molecular weight is 701 g/mol. The van der Waals surface area contributed by atoms with E-state index in [1.165, 1.54) is 71.1 Å². The molecule has 0 radical (unpaired) electrons. The highest BCUT2D eigenvalue weighted by Gasteiger charge is 2.36. The zero-order valence-electron chi connectivity index (χ0n) is 30.7. The highest BCUT2D eigenvalue weighted by Crippen LogP contribution is 2.51. The van der Waals surface area contributed by atoms with E-state index in [4.69, 9.17) is 9.97 Å². The zero-order chi connectivity index (χ0) is 36.7. The van der Waals surface area contributed by atoms with E-state index in [1.807, 2.05) is 0 Å². The fourth-order valence-electron chi connectivity index (χ4n) is 9.09. The normalized spacial score (nSPS) is 13.1. The van der Waals surface area contributed by atoms with Crippen LogP contribution in [0.2, 0.25) is 0 Å². The number of benzene rings is 9. The number of aromatic nitrogens is 2. The molecule has 1 aromatic heterocycles. The first kappa shape index (κ1) is 31.6. The van der Waals surface area contributed by atoms with E-state index in [-0.39, 0.29) is 5.41 Å². The van der Waals surface area contributed by atoms with E-state index in [1.54, 1.807) is 0 Å². The summed E-state index contributed by atoms with van der Waals surface area (Å²) in [6, 6.07) is 66.0. The van der Waals surface area contributed by atoms with Crippen molar-refractivity contribution in [3.05, 3.63) is 193 Å². The summed E-state index contributed by atoms with van der Waals surface area (Å²) >= 11 is 0. The minimum atomic E-state index is -0.0737. The summed E-state index contributed by atoms with van der Waals surface area (Å²) in [7, 11) is 0. The molecule has 2 nitrogen and oxygen atoms in total. The Balaban J connectivity index is 1.11. The predicted octanol–water partition coefficient (Wildman–Crippen LogP) is 14.1. The van der Waals surface area contributed by atoms with Crippen LogP contribution in [0.3, 0.4) is 0 Å². The van der Waals surface area contributed by atoms with Gasteiger partial charge in [0.2, 0.25) is 0 Å². The van der Waals surface area contributed by atoms with Crippen molar-refractivity contribution in [1.82, 2.24) is 9.97 Å². The fraction of sp³-hybridized carbons (Fsp3) is 0.0566. The minimum absolute atomic E-state index is 0.0737. The lowest BCUT2D eigenvalue weighted by molar-refractivity contribution is 0.661. The highest BCUT2D eigenvalue weighted by molar-refractivity contribution is 6.06. The van der Waals surface area contributed by atoms with Gasteiger partial charge in [-0.2, -0.15) is 0 Å². The molecule has 258 valence electrons. The Kier molecular flexibility index (Phi) is 6.93. The van der Waals surface area contributed by atoms with Crippen molar-refractivity contribution in [2.75, 3.05) is 0 Å². The lowest BCUT2D eigenvalue weighted by Gasteiger charge is -2.22. The van der Waals surface area contributed by atoms with Gasteiger partial charge in [0.15, 0.2) is 5.82 Å². The molecule has 0 fully saturated rings. The van der Waals surface area contributed by atoms with Crippen molar-refractivity contribution in [3.63, 3.8) is 0 Å². The van der Waals surface area contributed by atoms with Gasteiger partial charge < -0.3 is 0 Å². The lowest BCUT2D eigenvalue weighted by atomic mass is 9.81. The second-order valence-corrected chi connectivity index (χ2v) is 15.4. The molecule has 0 N–H and O–H groups in total. The molecule has 0 unspecified atom stereocenters. The molecule has 1 aliphatic carbocycles. The Morgan fingerprint density at radius 1 is 0.327 bits per heavy atom.